The van der Waals surface area contributed by atoms with Gasteiger partial charge in [0.25, 0.3) is 0 Å². The zero-order chi connectivity index (χ0) is 19.2. The molecule has 2 amide bonds. The van der Waals surface area contributed by atoms with Crippen LogP contribution < -0.4 is 10.6 Å². The first-order valence-corrected chi connectivity index (χ1v) is 9.49. The maximum atomic E-state index is 12.3. The fourth-order valence-corrected chi connectivity index (χ4v) is 3.60. The Morgan fingerprint density at radius 1 is 0.741 bits per heavy atom. The molecule has 0 aromatic heterocycles. The van der Waals surface area contributed by atoms with Gasteiger partial charge in [0.2, 0.25) is 0 Å². The van der Waals surface area contributed by atoms with Gasteiger partial charge in [0.15, 0.2) is 0 Å². The molecule has 27 heavy (non-hydrogen) atoms. The van der Waals surface area contributed by atoms with Crippen LogP contribution in [-0.4, -0.2) is 11.8 Å². The number of carbonyl (C=O) groups is 2. The van der Waals surface area contributed by atoms with Crippen LogP contribution in [0.25, 0.3) is 0 Å². The van der Waals surface area contributed by atoms with Gasteiger partial charge in [-0.15, -0.1) is 0 Å². The van der Waals surface area contributed by atoms with Crippen LogP contribution in [0, 0.1) is 0 Å². The summed E-state index contributed by atoms with van der Waals surface area (Å²) in [7, 11) is 0. The average molecular weight is 417 g/mol. The van der Waals surface area contributed by atoms with Gasteiger partial charge in [0.1, 0.15) is 0 Å². The van der Waals surface area contributed by atoms with E-state index < -0.39 is 11.8 Å². The van der Waals surface area contributed by atoms with E-state index in [-0.39, 0.29) is 5.02 Å². The summed E-state index contributed by atoms with van der Waals surface area (Å²) in [6.07, 6.45) is 0. The number of halogens is 2. The highest BCUT2D eigenvalue weighted by Gasteiger charge is 2.17. The first kappa shape index (κ1) is 19.3. The molecule has 4 nitrogen and oxygen atoms in total. The lowest BCUT2D eigenvalue weighted by molar-refractivity contribution is -0.133. The third-order valence-electron chi connectivity index (χ3n) is 3.49. The van der Waals surface area contributed by atoms with Crippen LogP contribution in [0.3, 0.4) is 0 Å². The molecule has 0 spiro atoms. The van der Waals surface area contributed by atoms with Crippen molar-refractivity contribution >= 4 is 58.2 Å². The molecule has 7 heteroatoms. The van der Waals surface area contributed by atoms with E-state index in [2.05, 4.69) is 10.6 Å². The minimum atomic E-state index is -0.821. The van der Waals surface area contributed by atoms with Crippen LogP contribution in [0.4, 0.5) is 11.4 Å². The van der Waals surface area contributed by atoms with Gasteiger partial charge in [-0.1, -0.05) is 65.3 Å². The Hall–Kier alpha value is -2.47. The number of benzene rings is 3. The van der Waals surface area contributed by atoms with Gasteiger partial charge < -0.3 is 10.6 Å². The van der Waals surface area contributed by atoms with Gasteiger partial charge in [-0.3, -0.25) is 9.59 Å². The van der Waals surface area contributed by atoms with Gasteiger partial charge in [0.05, 0.1) is 16.4 Å². The van der Waals surface area contributed by atoms with Gasteiger partial charge in [-0.25, -0.2) is 0 Å². The van der Waals surface area contributed by atoms with Crippen LogP contribution in [0.1, 0.15) is 0 Å². The zero-order valence-electron chi connectivity index (χ0n) is 13.9. The number of anilines is 2. The molecule has 3 aromatic rings. The molecule has 136 valence electrons. The van der Waals surface area contributed by atoms with Gasteiger partial charge in [-0.2, -0.15) is 0 Å². The predicted octanol–water partition coefficient (Wildman–Crippen LogP) is 5.72. The highest BCUT2D eigenvalue weighted by molar-refractivity contribution is 7.99. The number of amides is 2. The molecule has 0 atom stereocenters. The van der Waals surface area contributed by atoms with E-state index in [1.807, 2.05) is 42.5 Å². The van der Waals surface area contributed by atoms with E-state index in [4.69, 9.17) is 23.2 Å². The minimum absolute atomic E-state index is 0.253. The van der Waals surface area contributed by atoms with E-state index in [0.717, 1.165) is 9.79 Å². The lowest BCUT2D eigenvalue weighted by Crippen LogP contribution is -2.29. The highest BCUT2D eigenvalue weighted by atomic mass is 35.5. The summed E-state index contributed by atoms with van der Waals surface area (Å²) in [5.41, 5.74) is 0.863. The van der Waals surface area contributed by atoms with E-state index in [9.17, 15) is 9.59 Å². The molecule has 3 aromatic carbocycles. The Morgan fingerprint density at radius 2 is 1.37 bits per heavy atom. The first-order chi connectivity index (χ1) is 13.0. The molecule has 0 aliphatic heterocycles. The third-order valence-corrected chi connectivity index (χ3v) is 5.12. The maximum absolute atomic E-state index is 12.3. The highest BCUT2D eigenvalue weighted by Crippen LogP contribution is 2.33. The van der Waals surface area contributed by atoms with Gasteiger partial charge in [-0.05, 0) is 42.5 Å². The SMILES string of the molecule is O=C(Nc1ccc(Cl)cc1Cl)C(=O)Nc1ccccc1Sc1ccccc1. The summed E-state index contributed by atoms with van der Waals surface area (Å²) in [6, 6.07) is 21.6. The molecule has 0 aliphatic carbocycles. The molecule has 2 N–H and O–H groups in total. The molecule has 3 rings (SSSR count). The standard InChI is InChI=1S/C20H14Cl2N2O2S/c21-13-10-11-16(15(22)12-13)23-19(25)20(26)24-17-8-4-5-9-18(17)27-14-6-2-1-3-7-14/h1-12H,(H,23,25)(H,24,26). The van der Waals surface area contributed by atoms with Crippen LogP contribution >= 0.6 is 35.0 Å². The molecule has 0 bridgehead atoms. The van der Waals surface area contributed by atoms with Crippen molar-refractivity contribution in [2.45, 2.75) is 9.79 Å². The maximum Gasteiger partial charge on any atom is 0.314 e. The van der Waals surface area contributed by atoms with Crippen molar-refractivity contribution in [3.63, 3.8) is 0 Å². The van der Waals surface area contributed by atoms with Crippen molar-refractivity contribution in [3.8, 4) is 0 Å². The van der Waals surface area contributed by atoms with Crippen molar-refractivity contribution in [2.75, 3.05) is 10.6 Å². The summed E-state index contributed by atoms with van der Waals surface area (Å²) in [4.78, 5) is 26.4. The normalized spacial score (nSPS) is 10.3. The lowest BCUT2D eigenvalue weighted by Gasteiger charge is -2.11. The summed E-state index contributed by atoms with van der Waals surface area (Å²) in [6.45, 7) is 0. The molecule has 0 fully saturated rings. The van der Waals surface area contributed by atoms with Crippen LogP contribution in [-0.2, 0) is 9.59 Å². The molecule has 0 unspecified atom stereocenters. The Balaban J connectivity index is 1.71. The fourth-order valence-electron chi connectivity index (χ4n) is 2.22. The lowest BCUT2D eigenvalue weighted by atomic mass is 10.3. The van der Waals surface area contributed by atoms with Crippen LogP contribution in [0.15, 0.2) is 82.6 Å². The fraction of sp³-hybridized carbons (Fsp3) is 0. The predicted molar refractivity (Wildman–Crippen MR) is 111 cm³/mol. The molecular formula is C20H14Cl2N2O2S. The van der Waals surface area contributed by atoms with Crippen molar-refractivity contribution in [1.29, 1.82) is 0 Å². The topological polar surface area (TPSA) is 58.2 Å². The Labute approximate surface area is 170 Å². The zero-order valence-corrected chi connectivity index (χ0v) is 16.2. The molecule has 0 saturated heterocycles. The Kier molecular flexibility index (Phi) is 6.40. The summed E-state index contributed by atoms with van der Waals surface area (Å²) in [5, 5.41) is 5.81. The number of hydrogen-bond acceptors (Lipinski definition) is 3. The first-order valence-electron chi connectivity index (χ1n) is 7.92. The average Bonchev–Trinajstić information content (AvgIpc) is 2.66. The second kappa shape index (κ2) is 8.95. The number of nitrogens with one attached hydrogen (secondary N) is 2. The Bertz CT molecular complexity index is 981. The number of rotatable bonds is 4. The Morgan fingerprint density at radius 3 is 2.07 bits per heavy atom. The van der Waals surface area contributed by atoms with E-state index in [1.54, 1.807) is 18.2 Å². The number of carbonyl (C=O) groups excluding carboxylic acids is 2. The molecule has 0 aliphatic rings. The largest absolute Gasteiger partial charge is 0.317 e. The monoisotopic (exact) mass is 416 g/mol. The second-order valence-corrected chi connectivity index (χ2v) is 7.40. The molecular weight excluding hydrogens is 403 g/mol. The van der Waals surface area contributed by atoms with Crippen molar-refractivity contribution in [2.24, 2.45) is 0 Å². The molecule has 0 radical (unpaired) electrons. The number of hydrogen-bond donors (Lipinski definition) is 2. The summed E-state index contributed by atoms with van der Waals surface area (Å²) in [5.74, 6) is -1.61. The minimum Gasteiger partial charge on any atom is -0.317 e. The smallest absolute Gasteiger partial charge is 0.314 e. The number of para-hydroxylation sites is 1. The van der Waals surface area contributed by atoms with Gasteiger partial charge >= 0.3 is 11.8 Å². The molecule has 0 heterocycles. The summed E-state index contributed by atoms with van der Waals surface area (Å²) < 4.78 is 0. The van der Waals surface area contributed by atoms with Crippen LogP contribution in [0.5, 0.6) is 0 Å². The van der Waals surface area contributed by atoms with Crippen molar-refractivity contribution in [1.82, 2.24) is 0 Å². The van der Waals surface area contributed by atoms with Crippen molar-refractivity contribution in [3.05, 3.63) is 82.8 Å². The van der Waals surface area contributed by atoms with E-state index >= 15 is 0 Å². The second-order valence-electron chi connectivity index (χ2n) is 5.44. The van der Waals surface area contributed by atoms with Crippen molar-refractivity contribution < 1.29 is 9.59 Å². The van der Waals surface area contributed by atoms with E-state index in [1.165, 1.54) is 23.9 Å². The quantitative estimate of drug-likeness (QED) is 0.534. The molecule has 0 saturated carbocycles. The summed E-state index contributed by atoms with van der Waals surface area (Å²) >= 11 is 13.3. The third kappa shape index (κ3) is 5.26. The van der Waals surface area contributed by atoms with Gasteiger partial charge in [0, 0.05) is 14.8 Å². The van der Waals surface area contributed by atoms with Crippen LogP contribution in [0.2, 0.25) is 10.0 Å². The van der Waals surface area contributed by atoms with E-state index in [0.29, 0.717) is 16.4 Å².